The monoisotopic (exact) mass is 365 g/mol. The van der Waals surface area contributed by atoms with Gasteiger partial charge in [0.25, 0.3) is 0 Å². The van der Waals surface area contributed by atoms with Crippen LogP contribution >= 0.6 is 0 Å². The lowest BCUT2D eigenvalue weighted by Crippen LogP contribution is -2.38. The van der Waals surface area contributed by atoms with Crippen LogP contribution in [0.1, 0.15) is 24.0 Å². The van der Waals surface area contributed by atoms with Crippen molar-refractivity contribution in [3.8, 4) is 0 Å². The Balaban J connectivity index is 1.54. The third-order valence-corrected chi connectivity index (χ3v) is 4.30. The van der Waals surface area contributed by atoms with Gasteiger partial charge in [-0.1, -0.05) is 30.3 Å². The first kappa shape index (κ1) is 18.7. The van der Waals surface area contributed by atoms with Gasteiger partial charge in [-0.3, -0.25) is 4.68 Å². The SMILES string of the molecule is CCNC(=NCc1ccnn1C)NCCc1nccn1Cc1ccccc1. The van der Waals surface area contributed by atoms with E-state index >= 15 is 0 Å². The van der Waals surface area contributed by atoms with Crippen molar-refractivity contribution in [2.24, 2.45) is 12.0 Å². The molecule has 2 N–H and O–H groups in total. The van der Waals surface area contributed by atoms with E-state index in [-0.39, 0.29) is 0 Å². The first-order chi connectivity index (χ1) is 13.3. The van der Waals surface area contributed by atoms with Crippen LogP contribution in [0.3, 0.4) is 0 Å². The molecule has 2 heterocycles. The molecule has 3 aromatic rings. The Labute approximate surface area is 160 Å². The predicted molar refractivity (Wildman–Crippen MR) is 108 cm³/mol. The minimum absolute atomic E-state index is 0.592. The highest BCUT2D eigenvalue weighted by atomic mass is 15.3. The molecule has 27 heavy (non-hydrogen) atoms. The minimum Gasteiger partial charge on any atom is -0.357 e. The summed E-state index contributed by atoms with van der Waals surface area (Å²) in [5, 5.41) is 10.8. The number of rotatable bonds is 8. The van der Waals surface area contributed by atoms with Crippen LogP contribution in [-0.4, -0.2) is 38.4 Å². The molecular formula is C20H27N7. The van der Waals surface area contributed by atoms with E-state index in [2.05, 4.69) is 61.5 Å². The molecule has 0 saturated heterocycles. The molecule has 7 nitrogen and oxygen atoms in total. The van der Waals surface area contributed by atoms with Crippen molar-refractivity contribution in [1.29, 1.82) is 0 Å². The van der Waals surface area contributed by atoms with E-state index in [0.29, 0.717) is 6.54 Å². The Morgan fingerprint density at radius 1 is 1.11 bits per heavy atom. The fraction of sp³-hybridized carbons (Fsp3) is 0.350. The molecule has 0 aliphatic carbocycles. The van der Waals surface area contributed by atoms with Crippen LogP contribution in [0.15, 0.2) is 60.0 Å². The Hall–Kier alpha value is -3.09. The summed E-state index contributed by atoms with van der Waals surface area (Å²) in [6.45, 7) is 5.08. The molecule has 0 fully saturated rings. The third kappa shape index (κ3) is 5.44. The molecule has 7 heteroatoms. The van der Waals surface area contributed by atoms with E-state index in [1.165, 1.54) is 5.56 Å². The van der Waals surface area contributed by atoms with Crippen molar-refractivity contribution in [1.82, 2.24) is 30.0 Å². The first-order valence-electron chi connectivity index (χ1n) is 9.29. The van der Waals surface area contributed by atoms with Crippen molar-refractivity contribution >= 4 is 5.96 Å². The number of guanidine groups is 1. The smallest absolute Gasteiger partial charge is 0.191 e. The summed E-state index contributed by atoms with van der Waals surface area (Å²) in [6, 6.07) is 12.4. The summed E-state index contributed by atoms with van der Waals surface area (Å²) in [4.78, 5) is 9.14. The molecule has 2 aromatic heterocycles. The van der Waals surface area contributed by atoms with Gasteiger partial charge in [0.15, 0.2) is 5.96 Å². The first-order valence-corrected chi connectivity index (χ1v) is 9.29. The second kappa shape index (κ2) is 9.56. The molecule has 0 bridgehead atoms. The van der Waals surface area contributed by atoms with Crippen molar-refractivity contribution < 1.29 is 0 Å². The van der Waals surface area contributed by atoms with Gasteiger partial charge in [-0.15, -0.1) is 0 Å². The molecule has 0 aliphatic heterocycles. The number of aryl methyl sites for hydroxylation is 1. The van der Waals surface area contributed by atoms with Gasteiger partial charge >= 0.3 is 0 Å². The van der Waals surface area contributed by atoms with Gasteiger partial charge in [0, 0.05) is 51.7 Å². The summed E-state index contributed by atoms with van der Waals surface area (Å²) in [6.07, 6.45) is 6.51. The highest BCUT2D eigenvalue weighted by Crippen LogP contribution is 2.06. The molecule has 3 rings (SSSR count). The van der Waals surface area contributed by atoms with E-state index in [0.717, 1.165) is 43.5 Å². The van der Waals surface area contributed by atoms with Gasteiger partial charge in [-0.25, -0.2) is 9.98 Å². The number of hydrogen-bond acceptors (Lipinski definition) is 3. The summed E-state index contributed by atoms with van der Waals surface area (Å²) in [5.74, 6) is 1.87. The molecule has 0 aliphatic rings. The van der Waals surface area contributed by atoms with Crippen LogP contribution < -0.4 is 10.6 Å². The van der Waals surface area contributed by atoms with Crippen molar-refractivity contribution in [3.63, 3.8) is 0 Å². The van der Waals surface area contributed by atoms with Crippen molar-refractivity contribution in [2.75, 3.05) is 13.1 Å². The van der Waals surface area contributed by atoms with Crippen LogP contribution in [0.4, 0.5) is 0 Å². The number of imidazole rings is 1. The lowest BCUT2D eigenvalue weighted by molar-refractivity contribution is 0.689. The quantitative estimate of drug-likeness (QED) is 0.473. The van der Waals surface area contributed by atoms with Gasteiger partial charge < -0.3 is 15.2 Å². The number of nitrogens with one attached hydrogen (secondary N) is 2. The lowest BCUT2D eigenvalue weighted by atomic mass is 10.2. The second-order valence-electron chi connectivity index (χ2n) is 6.28. The lowest BCUT2D eigenvalue weighted by Gasteiger charge is -2.12. The van der Waals surface area contributed by atoms with Crippen LogP contribution in [0.25, 0.3) is 0 Å². The fourth-order valence-corrected chi connectivity index (χ4v) is 2.84. The summed E-state index contributed by atoms with van der Waals surface area (Å²) in [5.41, 5.74) is 2.35. The molecular weight excluding hydrogens is 338 g/mol. The third-order valence-electron chi connectivity index (χ3n) is 4.30. The van der Waals surface area contributed by atoms with Crippen molar-refractivity contribution in [3.05, 3.63) is 72.1 Å². The number of aromatic nitrogens is 4. The van der Waals surface area contributed by atoms with Gasteiger partial charge in [-0.2, -0.15) is 5.10 Å². The minimum atomic E-state index is 0.592. The molecule has 0 unspecified atom stereocenters. The van der Waals surface area contributed by atoms with E-state index in [1.807, 2.05) is 36.3 Å². The molecule has 0 atom stereocenters. The van der Waals surface area contributed by atoms with E-state index in [9.17, 15) is 0 Å². The normalized spacial score (nSPS) is 11.6. The maximum Gasteiger partial charge on any atom is 0.191 e. The maximum absolute atomic E-state index is 4.63. The van der Waals surface area contributed by atoms with Crippen LogP contribution in [0.2, 0.25) is 0 Å². The molecule has 0 radical (unpaired) electrons. The highest BCUT2D eigenvalue weighted by Gasteiger charge is 2.05. The highest BCUT2D eigenvalue weighted by molar-refractivity contribution is 5.79. The number of hydrogen-bond donors (Lipinski definition) is 2. The zero-order chi connectivity index (χ0) is 18.9. The van der Waals surface area contributed by atoms with Gasteiger partial charge in [0.2, 0.25) is 0 Å². The van der Waals surface area contributed by atoms with Crippen LogP contribution in [0.5, 0.6) is 0 Å². The largest absolute Gasteiger partial charge is 0.357 e. The van der Waals surface area contributed by atoms with Crippen LogP contribution in [0, 0.1) is 0 Å². The molecule has 1 aromatic carbocycles. The molecule has 142 valence electrons. The standard InChI is InChI=1S/C20H27N7/c1-3-21-20(24-15-18-9-12-25-26(18)2)23-11-10-19-22-13-14-27(19)16-17-7-5-4-6-8-17/h4-9,12-14H,3,10-11,15-16H2,1-2H3,(H2,21,23,24). The Bertz CT molecular complexity index is 848. The van der Waals surface area contributed by atoms with Gasteiger partial charge in [0.05, 0.1) is 12.2 Å². The predicted octanol–water partition coefficient (Wildman–Crippen LogP) is 1.96. The van der Waals surface area contributed by atoms with Crippen LogP contribution in [-0.2, 0) is 26.6 Å². The van der Waals surface area contributed by atoms with Crippen molar-refractivity contribution in [2.45, 2.75) is 26.4 Å². The van der Waals surface area contributed by atoms with Gasteiger partial charge in [-0.05, 0) is 18.6 Å². The number of benzene rings is 1. The summed E-state index contributed by atoms with van der Waals surface area (Å²) < 4.78 is 4.03. The van der Waals surface area contributed by atoms with E-state index < -0.39 is 0 Å². The Morgan fingerprint density at radius 2 is 1.96 bits per heavy atom. The molecule has 0 spiro atoms. The topological polar surface area (TPSA) is 72.1 Å². The molecule has 0 amide bonds. The average molecular weight is 365 g/mol. The number of aliphatic imine (C=N–C) groups is 1. The Morgan fingerprint density at radius 3 is 2.70 bits per heavy atom. The number of nitrogens with zero attached hydrogens (tertiary/aromatic N) is 5. The maximum atomic E-state index is 4.63. The summed E-state index contributed by atoms with van der Waals surface area (Å²) >= 11 is 0. The van der Waals surface area contributed by atoms with E-state index in [1.54, 1.807) is 6.20 Å². The Kier molecular flexibility index (Phi) is 6.62. The second-order valence-corrected chi connectivity index (χ2v) is 6.28. The van der Waals surface area contributed by atoms with Gasteiger partial charge in [0.1, 0.15) is 5.82 Å². The zero-order valence-corrected chi connectivity index (χ0v) is 16.0. The molecule has 0 saturated carbocycles. The zero-order valence-electron chi connectivity index (χ0n) is 16.0. The van der Waals surface area contributed by atoms with E-state index in [4.69, 9.17) is 0 Å². The summed E-state index contributed by atoms with van der Waals surface area (Å²) in [7, 11) is 1.93. The fourth-order valence-electron chi connectivity index (χ4n) is 2.84. The average Bonchev–Trinajstić information content (AvgIpc) is 3.29.